The Morgan fingerprint density at radius 2 is 2.02 bits per heavy atom. The van der Waals surface area contributed by atoms with E-state index < -0.39 is 60.1 Å². The maximum absolute atomic E-state index is 13.4. The number of amides is 2. The zero-order valence-electron chi connectivity index (χ0n) is 22.6. The summed E-state index contributed by atoms with van der Waals surface area (Å²) in [7, 11) is 0. The van der Waals surface area contributed by atoms with Gasteiger partial charge in [0, 0.05) is 6.54 Å². The highest BCUT2D eigenvalue weighted by Crippen LogP contribution is 2.32. The number of alkyl carbamates (subject to hydrolysis) is 1. The van der Waals surface area contributed by atoms with Crippen LogP contribution in [0.15, 0.2) is 48.0 Å². The van der Waals surface area contributed by atoms with Gasteiger partial charge in [0.1, 0.15) is 36.7 Å². The van der Waals surface area contributed by atoms with E-state index in [4.69, 9.17) is 20.9 Å². The molecule has 0 saturated carbocycles. The summed E-state index contributed by atoms with van der Waals surface area (Å²) in [4.78, 5) is 52.4. The lowest BCUT2D eigenvalue weighted by Gasteiger charge is -2.24. The van der Waals surface area contributed by atoms with Crippen LogP contribution in [-0.4, -0.2) is 90.2 Å². The number of nitrogens with two attached hydrogens (primary N) is 2. The lowest BCUT2D eigenvalue weighted by atomic mass is 10.1. The van der Waals surface area contributed by atoms with Gasteiger partial charge in [0.2, 0.25) is 5.91 Å². The highest BCUT2D eigenvalue weighted by atomic mass is 16.7. The molecule has 230 valence electrons. The van der Waals surface area contributed by atoms with E-state index in [0.717, 1.165) is 5.56 Å². The first-order chi connectivity index (χ1) is 20.7. The van der Waals surface area contributed by atoms with Gasteiger partial charge in [-0.3, -0.25) is 9.36 Å². The number of aliphatic hydroxyl groups is 2. The number of nitro groups is 1. The average molecular weight is 602 g/mol. The number of nitrogens with one attached hydrogen (secondary N) is 3. The van der Waals surface area contributed by atoms with Crippen LogP contribution in [0.2, 0.25) is 0 Å². The summed E-state index contributed by atoms with van der Waals surface area (Å²) >= 11 is 0. The molecule has 19 heteroatoms. The summed E-state index contributed by atoms with van der Waals surface area (Å²) in [5.74, 6) is -1.03. The largest absolute Gasteiger partial charge is 0.445 e. The molecule has 0 radical (unpaired) electrons. The highest BCUT2D eigenvalue weighted by molar-refractivity contribution is 5.86. The smallest absolute Gasteiger partial charge is 0.408 e. The van der Waals surface area contributed by atoms with Crippen molar-refractivity contribution in [3.63, 3.8) is 0 Å². The number of nitrogen functional groups attached to an aromatic ring is 1. The third-order valence-corrected chi connectivity index (χ3v) is 6.49. The zero-order valence-corrected chi connectivity index (χ0v) is 22.6. The van der Waals surface area contributed by atoms with Crippen LogP contribution >= 0.6 is 0 Å². The SMILES string of the molecule is NC(=NCCCC(NC(=O)OCc1ccccc1)C(=O)NC1C(CO)OC(n2cnc3c(N)ncnc32)C1O)N[N+](=O)[O-]. The van der Waals surface area contributed by atoms with E-state index in [1.54, 1.807) is 29.7 Å². The fourth-order valence-electron chi connectivity index (χ4n) is 4.43. The third kappa shape index (κ3) is 7.78. The van der Waals surface area contributed by atoms with Gasteiger partial charge in [-0.25, -0.2) is 34.9 Å². The molecule has 19 nitrogen and oxygen atoms in total. The molecule has 43 heavy (non-hydrogen) atoms. The predicted molar refractivity (Wildman–Crippen MR) is 148 cm³/mol. The number of anilines is 1. The Hall–Kier alpha value is -5.14. The lowest BCUT2D eigenvalue weighted by molar-refractivity contribution is -0.525. The van der Waals surface area contributed by atoms with Crippen molar-refractivity contribution in [2.24, 2.45) is 10.7 Å². The van der Waals surface area contributed by atoms with E-state index in [1.165, 1.54) is 17.2 Å². The first-order valence-electron chi connectivity index (χ1n) is 13.0. The Morgan fingerprint density at radius 3 is 2.74 bits per heavy atom. The van der Waals surface area contributed by atoms with Crippen LogP contribution in [0.5, 0.6) is 0 Å². The summed E-state index contributed by atoms with van der Waals surface area (Å²) in [6.07, 6.45) is -1.65. The lowest BCUT2D eigenvalue weighted by Crippen LogP contribution is -2.55. The van der Waals surface area contributed by atoms with Crippen molar-refractivity contribution < 1.29 is 34.3 Å². The fraction of sp³-hybridized carbons (Fsp3) is 0.417. The van der Waals surface area contributed by atoms with Gasteiger partial charge in [0.05, 0.1) is 19.0 Å². The molecule has 3 heterocycles. The molecule has 1 saturated heterocycles. The molecular weight excluding hydrogens is 570 g/mol. The number of nitrogens with zero attached hydrogens (tertiary/aromatic N) is 6. The first kappa shape index (κ1) is 30.8. The number of imidazole rings is 1. The second kappa shape index (κ2) is 14.2. The van der Waals surface area contributed by atoms with Crippen LogP contribution in [0, 0.1) is 10.1 Å². The summed E-state index contributed by atoms with van der Waals surface area (Å²) in [6, 6.07) is 6.59. The van der Waals surface area contributed by atoms with E-state index in [0.29, 0.717) is 0 Å². The number of hydrazine groups is 1. The van der Waals surface area contributed by atoms with Crippen molar-refractivity contribution in [1.29, 1.82) is 0 Å². The number of carbonyl (C=O) groups is 2. The van der Waals surface area contributed by atoms with Gasteiger partial charge in [-0.1, -0.05) is 35.8 Å². The number of ether oxygens (including phenoxy) is 2. The number of carbonyl (C=O) groups excluding carboxylic acids is 2. The number of benzene rings is 1. The van der Waals surface area contributed by atoms with Crippen molar-refractivity contribution in [2.45, 2.75) is 50.0 Å². The van der Waals surface area contributed by atoms with E-state index in [-0.39, 0.29) is 43.0 Å². The molecule has 1 aromatic carbocycles. The molecule has 0 spiro atoms. The molecular formula is C24H31N11O8. The summed E-state index contributed by atoms with van der Waals surface area (Å²) in [5, 5.41) is 35.9. The maximum Gasteiger partial charge on any atom is 0.408 e. The van der Waals surface area contributed by atoms with Crippen LogP contribution in [-0.2, 0) is 20.9 Å². The van der Waals surface area contributed by atoms with Crippen LogP contribution in [0.25, 0.3) is 11.2 Å². The van der Waals surface area contributed by atoms with E-state index in [9.17, 15) is 29.9 Å². The molecule has 1 aliphatic heterocycles. The van der Waals surface area contributed by atoms with Gasteiger partial charge in [-0.15, -0.1) is 0 Å². The van der Waals surface area contributed by atoms with Gasteiger partial charge in [0.15, 0.2) is 22.7 Å². The fourth-order valence-corrected chi connectivity index (χ4v) is 4.43. The highest BCUT2D eigenvalue weighted by Gasteiger charge is 2.46. The molecule has 9 N–H and O–H groups in total. The number of hydrogen-bond acceptors (Lipinski definition) is 13. The minimum atomic E-state index is -1.38. The Kier molecular flexibility index (Phi) is 10.1. The topological polar surface area (TPSA) is 280 Å². The number of hydrogen-bond donors (Lipinski definition) is 7. The number of aromatic nitrogens is 4. The van der Waals surface area contributed by atoms with E-state index >= 15 is 0 Å². The Labute approximate surface area is 243 Å². The van der Waals surface area contributed by atoms with Crippen LogP contribution < -0.4 is 27.5 Å². The molecule has 4 rings (SSSR count). The average Bonchev–Trinajstić information content (AvgIpc) is 3.55. The van der Waals surface area contributed by atoms with Gasteiger partial charge in [-0.05, 0) is 18.4 Å². The number of fused-ring (bicyclic) bond motifs is 1. The van der Waals surface area contributed by atoms with Gasteiger partial charge in [0.25, 0.3) is 5.96 Å². The second-order valence-corrected chi connectivity index (χ2v) is 9.39. The first-order valence-corrected chi connectivity index (χ1v) is 13.0. The van der Waals surface area contributed by atoms with Crippen molar-refractivity contribution in [3.05, 3.63) is 58.7 Å². The number of aliphatic imine (C=N–C) groups is 1. The van der Waals surface area contributed by atoms with Crippen LogP contribution in [0.1, 0.15) is 24.6 Å². The minimum absolute atomic E-state index is 0.00755. The molecule has 2 amide bonds. The van der Waals surface area contributed by atoms with Gasteiger partial charge in [-0.2, -0.15) is 0 Å². The van der Waals surface area contributed by atoms with E-state index in [1.807, 2.05) is 6.07 Å². The minimum Gasteiger partial charge on any atom is -0.445 e. The van der Waals surface area contributed by atoms with Crippen LogP contribution in [0.3, 0.4) is 0 Å². The van der Waals surface area contributed by atoms with Crippen LogP contribution in [0.4, 0.5) is 10.6 Å². The van der Waals surface area contributed by atoms with Crippen molar-refractivity contribution >= 4 is 34.9 Å². The van der Waals surface area contributed by atoms with Gasteiger partial charge >= 0.3 is 6.09 Å². The number of aliphatic hydroxyl groups excluding tert-OH is 2. The summed E-state index contributed by atoms with van der Waals surface area (Å²) in [5.41, 5.74) is 14.2. The molecule has 2 aromatic heterocycles. The Morgan fingerprint density at radius 1 is 1.26 bits per heavy atom. The summed E-state index contributed by atoms with van der Waals surface area (Å²) < 4.78 is 12.5. The monoisotopic (exact) mass is 601 g/mol. The molecule has 5 atom stereocenters. The molecule has 3 aromatic rings. The van der Waals surface area contributed by atoms with Crippen molar-refractivity contribution in [1.82, 2.24) is 35.6 Å². The number of guanidine groups is 1. The third-order valence-electron chi connectivity index (χ3n) is 6.49. The molecule has 5 unspecified atom stereocenters. The molecule has 0 bridgehead atoms. The quantitative estimate of drug-likeness (QED) is 0.0401. The zero-order chi connectivity index (χ0) is 30.9. The maximum atomic E-state index is 13.4. The Bertz CT molecular complexity index is 1450. The number of rotatable bonds is 12. The standard InChI is InChI=1S/C24H31N11O8/c25-19-17-20(29-11-28-19)34(12-30-17)22-18(37)16(15(9-36)43-22)32-21(38)14(7-4-8-27-23(26)33-35(40)41)31-24(39)42-10-13-5-2-1-3-6-13/h1-3,5-6,11-12,14-16,18,22,36-37H,4,7-10H2,(H,31,39)(H,32,38)(H2,25,28,29)(H3,26,27,33). The molecule has 0 aliphatic carbocycles. The van der Waals surface area contributed by atoms with Crippen molar-refractivity contribution in [3.8, 4) is 0 Å². The van der Waals surface area contributed by atoms with Gasteiger partial charge < -0.3 is 41.8 Å². The van der Waals surface area contributed by atoms with E-state index in [2.05, 4.69) is 30.6 Å². The summed E-state index contributed by atoms with van der Waals surface area (Å²) in [6.45, 7) is -0.617. The molecule has 1 aliphatic rings. The second-order valence-electron chi connectivity index (χ2n) is 9.39. The normalized spacial score (nSPS) is 20.8. The predicted octanol–water partition coefficient (Wildman–Crippen LogP) is -1.68. The Balaban J connectivity index is 1.45. The molecule has 1 fully saturated rings. The van der Waals surface area contributed by atoms with Crippen molar-refractivity contribution in [2.75, 3.05) is 18.9 Å².